The molecule has 0 atom stereocenters. The molecule has 3 nitrogen and oxygen atoms in total. The quantitative estimate of drug-likeness (QED) is 0.712. The lowest BCUT2D eigenvalue weighted by Crippen LogP contribution is -2.37. The van der Waals surface area contributed by atoms with E-state index >= 15 is 0 Å². The van der Waals surface area contributed by atoms with Crippen molar-refractivity contribution < 1.29 is 4.79 Å². The molecule has 1 saturated carbocycles. The van der Waals surface area contributed by atoms with E-state index < -0.39 is 0 Å². The van der Waals surface area contributed by atoms with Gasteiger partial charge in [0.05, 0.1) is 6.33 Å². The summed E-state index contributed by atoms with van der Waals surface area (Å²) in [7, 11) is 1.89. The first-order valence-corrected chi connectivity index (χ1v) is 5.54. The van der Waals surface area contributed by atoms with Crippen LogP contribution in [0.5, 0.6) is 0 Å². The topological polar surface area (TPSA) is 34.9 Å². The number of ketones is 1. The molecule has 0 bridgehead atoms. The number of imidazole rings is 1. The molecule has 1 heterocycles. The summed E-state index contributed by atoms with van der Waals surface area (Å²) in [5.41, 5.74) is 0.362. The molecule has 1 aromatic heterocycles. The van der Waals surface area contributed by atoms with E-state index in [1.165, 1.54) is 19.3 Å². The van der Waals surface area contributed by atoms with E-state index in [0.29, 0.717) is 11.6 Å². The maximum Gasteiger partial charge on any atom is 0.188 e. The molecule has 0 radical (unpaired) electrons. The molecule has 0 unspecified atom stereocenters. The van der Waals surface area contributed by atoms with Gasteiger partial charge in [0.1, 0.15) is 5.69 Å². The Bertz CT molecular complexity index is 375. The van der Waals surface area contributed by atoms with Gasteiger partial charge < -0.3 is 4.57 Å². The number of rotatable bonds is 3. The molecule has 15 heavy (non-hydrogen) atoms. The fourth-order valence-corrected chi connectivity index (χ4v) is 2.18. The van der Waals surface area contributed by atoms with Gasteiger partial charge in [-0.25, -0.2) is 4.98 Å². The largest absolute Gasteiger partial charge is 0.340 e. The van der Waals surface area contributed by atoms with Gasteiger partial charge in [-0.05, 0) is 18.8 Å². The van der Waals surface area contributed by atoms with Crippen LogP contribution in [0.1, 0.15) is 43.6 Å². The number of carbonyl (C=O) groups is 1. The van der Waals surface area contributed by atoms with E-state index in [9.17, 15) is 4.79 Å². The zero-order valence-electron chi connectivity index (χ0n) is 9.66. The number of aromatic nitrogens is 2. The van der Waals surface area contributed by atoms with Crippen molar-refractivity contribution in [2.24, 2.45) is 18.4 Å². The number of hydrogen-bond donors (Lipinski definition) is 0. The lowest BCUT2D eigenvalue weighted by atomic mass is 9.65. The van der Waals surface area contributed by atoms with Gasteiger partial charge in [0.15, 0.2) is 5.78 Å². The molecular formula is C12H18N2O. The summed E-state index contributed by atoms with van der Waals surface area (Å²) in [5, 5.41) is 0. The SMILES string of the molecule is Cn1cnc(C(=O)C(C)(C)C2CCC2)c1. The third kappa shape index (κ3) is 1.71. The van der Waals surface area contributed by atoms with E-state index in [4.69, 9.17) is 0 Å². The van der Waals surface area contributed by atoms with Crippen LogP contribution in [0.4, 0.5) is 0 Å². The van der Waals surface area contributed by atoms with Crippen molar-refractivity contribution >= 4 is 5.78 Å². The first kappa shape index (κ1) is 10.4. The highest BCUT2D eigenvalue weighted by molar-refractivity contribution is 5.98. The third-order valence-electron chi connectivity index (χ3n) is 3.65. The average Bonchev–Trinajstić information content (AvgIpc) is 2.46. The number of carbonyl (C=O) groups excluding carboxylic acids is 1. The van der Waals surface area contributed by atoms with Crippen LogP contribution in [-0.4, -0.2) is 15.3 Å². The predicted octanol–water partition coefficient (Wildman–Crippen LogP) is 2.43. The molecule has 0 N–H and O–H groups in total. The zero-order valence-corrected chi connectivity index (χ0v) is 9.66. The van der Waals surface area contributed by atoms with Crippen LogP contribution < -0.4 is 0 Å². The summed E-state index contributed by atoms with van der Waals surface area (Å²) in [6.45, 7) is 4.10. The molecule has 1 aromatic rings. The lowest BCUT2D eigenvalue weighted by molar-refractivity contribution is 0.0616. The van der Waals surface area contributed by atoms with Crippen LogP contribution in [-0.2, 0) is 7.05 Å². The minimum absolute atomic E-state index is 0.188. The Morgan fingerprint density at radius 1 is 1.53 bits per heavy atom. The molecule has 1 fully saturated rings. The summed E-state index contributed by atoms with van der Waals surface area (Å²) < 4.78 is 1.82. The van der Waals surface area contributed by atoms with Crippen LogP contribution >= 0.6 is 0 Å². The van der Waals surface area contributed by atoms with Crippen molar-refractivity contribution in [2.45, 2.75) is 33.1 Å². The number of aryl methyl sites for hydroxylation is 1. The predicted molar refractivity (Wildman–Crippen MR) is 58.7 cm³/mol. The fourth-order valence-electron chi connectivity index (χ4n) is 2.18. The molecule has 0 aliphatic heterocycles. The maximum atomic E-state index is 12.2. The monoisotopic (exact) mass is 206 g/mol. The average molecular weight is 206 g/mol. The highest BCUT2D eigenvalue weighted by atomic mass is 16.1. The lowest BCUT2D eigenvalue weighted by Gasteiger charge is -2.38. The second-order valence-corrected chi connectivity index (χ2v) is 5.10. The van der Waals surface area contributed by atoms with Crippen molar-refractivity contribution in [3.8, 4) is 0 Å². The van der Waals surface area contributed by atoms with Gasteiger partial charge in [0.25, 0.3) is 0 Å². The second-order valence-electron chi connectivity index (χ2n) is 5.10. The van der Waals surface area contributed by atoms with Crippen LogP contribution in [0.3, 0.4) is 0 Å². The van der Waals surface area contributed by atoms with Crippen molar-refractivity contribution in [1.82, 2.24) is 9.55 Å². The Morgan fingerprint density at radius 3 is 2.60 bits per heavy atom. The van der Waals surface area contributed by atoms with Crippen molar-refractivity contribution in [3.63, 3.8) is 0 Å². The van der Waals surface area contributed by atoms with Crippen molar-refractivity contribution in [1.29, 1.82) is 0 Å². The molecule has 0 aromatic carbocycles. The Kier molecular flexibility index (Phi) is 2.41. The molecular weight excluding hydrogens is 188 g/mol. The van der Waals surface area contributed by atoms with Crippen LogP contribution in [0.15, 0.2) is 12.5 Å². The highest BCUT2D eigenvalue weighted by Gasteiger charge is 2.40. The van der Waals surface area contributed by atoms with Gasteiger partial charge in [0, 0.05) is 18.7 Å². The standard InChI is InChI=1S/C12H18N2O/c1-12(2,9-5-4-6-9)11(15)10-7-14(3)8-13-10/h7-9H,4-6H2,1-3H3. The van der Waals surface area contributed by atoms with E-state index in [1.54, 1.807) is 6.33 Å². The second kappa shape index (κ2) is 3.47. The minimum atomic E-state index is -0.243. The first-order valence-electron chi connectivity index (χ1n) is 5.54. The van der Waals surface area contributed by atoms with E-state index in [1.807, 2.05) is 31.7 Å². The first-order chi connectivity index (χ1) is 7.01. The molecule has 0 spiro atoms. The highest BCUT2D eigenvalue weighted by Crippen LogP contribution is 2.43. The number of Topliss-reactive ketones (excluding diaryl/α,β-unsaturated/α-hetero) is 1. The van der Waals surface area contributed by atoms with Crippen molar-refractivity contribution in [3.05, 3.63) is 18.2 Å². The van der Waals surface area contributed by atoms with Gasteiger partial charge in [0.2, 0.25) is 0 Å². The summed E-state index contributed by atoms with van der Waals surface area (Å²) in [6, 6.07) is 0. The van der Waals surface area contributed by atoms with Crippen LogP contribution in [0.2, 0.25) is 0 Å². The molecule has 1 aliphatic carbocycles. The zero-order chi connectivity index (χ0) is 11.1. The van der Waals surface area contributed by atoms with Gasteiger partial charge in [-0.2, -0.15) is 0 Å². The van der Waals surface area contributed by atoms with Crippen molar-refractivity contribution in [2.75, 3.05) is 0 Å². The van der Waals surface area contributed by atoms with E-state index in [2.05, 4.69) is 4.98 Å². The molecule has 82 valence electrons. The molecule has 0 saturated heterocycles. The summed E-state index contributed by atoms with van der Waals surface area (Å²) in [4.78, 5) is 16.4. The molecule has 2 rings (SSSR count). The molecule has 0 amide bonds. The van der Waals surface area contributed by atoms with Crippen LogP contribution in [0, 0.1) is 11.3 Å². The smallest absolute Gasteiger partial charge is 0.188 e. The van der Waals surface area contributed by atoms with E-state index in [0.717, 1.165) is 0 Å². The molecule has 1 aliphatic rings. The maximum absolute atomic E-state index is 12.2. The Morgan fingerprint density at radius 2 is 2.20 bits per heavy atom. The summed E-state index contributed by atoms with van der Waals surface area (Å²) >= 11 is 0. The normalized spacial score (nSPS) is 17.5. The summed E-state index contributed by atoms with van der Waals surface area (Å²) in [5.74, 6) is 0.736. The third-order valence-corrected chi connectivity index (χ3v) is 3.65. The Hall–Kier alpha value is -1.12. The van der Waals surface area contributed by atoms with Crippen LogP contribution in [0.25, 0.3) is 0 Å². The summed E-state index contributed by atoms with van der Waals surface area (Å²) in [6.07, 6.45) is 7.13. The Balaban J connectivity index is 2.19. The van der Waals surface area contributed by atoms with Gasteiger partial charge >= 0.3 is 0 Å². The Labute approximate surface area is 90.5 Å². The van der Waals surface area contributed by atoms with Gasteiger partial charge in [-0.3, -0.25) is 4.79 Å². The number of hydrogen-bond acceptors (Lipinski definition) is 2. The minimum Gasteiger partial charge on any atom is -0.340 e. The number of nitrogens with zero attached hydrogens (tertiary/aromatic N) is 2. The van der Waals surface area contributed by atoms with E-state index in [-0.39, 0.29) is 11.2 Å². The van der Waals surface area contributed by atoms with Gasteiger partial charge in [-0.15, -0.1) is 0 Å². The molecule has 3 heteroatoms. The van der Waals surface area contributed by atoms with Gasteiger partial charge in [-0.1, -0.05) is 20.3 Å². The fraction of sp³-hybridized carbons (Fsp3) is 0.667.